The predicted molar refractivity (Wildman–Crippen MR) is 144 cm³/mol. The monoisotopic (exact) mass is 657 g/mol. The number of allylic oxidation sites excluding steroid dienone is 4. The van der Waals surface area contributed by atoms with Gasteiger partial charge in [0.2, 0.25) is 0 Å². The SMILES string of the molecule is CCCC1=C(C)c2ccccc2[CH]1[Hf]([CH3])([CH3])([CH]1C(CCC)=C(C)c2ccccc21)[GeH]([CH3])[CH3]. The van der Waals surface area contributed by atoms with Gasteiger partial charge in [-0.1, -0.05) is 0 Å². The van der Waals surface area contributed by atoms with E-state index < -0.39 is 26.7 Å². The van der Waals surface area contributed by atoms with Crippen LogP contribution in [0.2, 0.25) is 20.9 Å². The molecule has 0 nitrogen and oxygen atoms in total. The van der Waals surface area contributed by atoms with E-state index in [-0.39, 0.29) is 0 Å². The van der Waals surface area contributed by atoms with Crippen molar-refractivity contribution in [3.8, 4) is 0 Å². The Kier molecular flexibility index (Phi) is 6.76. The first-order valence-corrected chi connectivity index (χ1v) is 41.1. The molecule has 0 aliphatic heterocycles. The Morgan fingerprint density at radius 2 is 1.06 bits per heavy atom. The van der Waals surface area contributed by atoms with Crippen molar-refractivity contribution in [2.24, 2.45) is 0 Å². The summed E-state index contributed by atoms with van der Waals surface area (Å²) in [7, 11) is -1.57. The normalized spacial score (nSPS) is 21.7. The standard InChI is InChI=1S/2C13H15.C2H7Ge.2CH3.Hf/c2*1-3-6-11-9-12-7-4-5-8-13(12)10(11)2;1-3-2;;;/h2*4-5,7-9H,3,6H2,1-2H3;3H,1-2H3;2*1H3;. The van der Waals surface area contributed by atoms with Gasteiger partial charge in [0.15, 0.2) is 0 Å². The summed E-state index contributed by atoms with van der Waals surface area (Å²) < 4.78 is 7.35. The van der Waals surface area contributed by atoms with E-state index in [1.807, 2.05) is 11.1 Å². The Labute approximate surface area is 200 Å². The molecule has 0 N–H and O–H groups in total. The van der Waals surface area contributed by atoms with Gasteiger partial charge in [-0.25, -0.2) is 0 Å². The van der Waals surface area contributed by atoms with Crippen LogP contribution >= 0.6 is 0 Å². The minimum absolute atomic E-state index is 0.735. The second-order valence-electron chi connectivity index (χ2n) is 11.7. The zero-order chi connectivity index (χ0) is 23.3. The molecule has 0 radical (unpaired) electrons. The van der Waals surface area contributed by atoms with Crippen LogP contribution in [0.15, 0.2) is 59.7 Å². The molecule has 0 heterocycles. The summed E-state index contributed by atoms with van der Waals surface area (Å²) in [4.78, 5) is 0. The predicted octanol–water partition coefficient (Wildman–Crippen LogP) is 9.41. The van der Waals surface area contributed by atoms with Crippen LogP contribution in [0.1, 0.15) is 83.0 Å². The Morgan fingerprint density at radius 3 is 1.41 bits per heavy atom. The van der Waals surface area contributed by atoms with E-state index in [9.17, 15) is 0 Å². The second-order valence-corrected chi connectivity index (χ2v) is 93.2. The molecule has 4 rings (SSSR count). The van der Waals surface area contributed by atoms with E-state index in [4.69, 9.17) is 0 Å². The number of benzene rings is 2. The number of hydrogen-bond acceptors (Lipinski definition) is 0. The van der Waals surface area contributed by atoms with Crippen LogP contribution in [0.4, 0.5) is 0 Å². The van der Waals surface area contributed by atoms with E-state index in [1.165, 1.54) is 25.7 Å². The zero-order valence-corrected chi connectivity index (χ0v) is 27.7. The van der Waals surface area contributed by atoms with E-state index in [1.54, 1.807) is 33.4 Å². The first-order chi connectivity index (χ1) is 15.2. The van der Waals surface area contributed by atoms with Gasteiger partial charge in [0.1, 0.15) is 0 Å². The van der Waals surface area contributed by atoms with Crippen LogP contribution in [0.25, 0.3) is 11.1 Å². The molecule has 0 fully saturated rings. The molecule has 2 aliphatic carbocycles. The van der Waals surface area contributed by atoms with Crippen molar-refractivity contribution < 1.29 is 16.0 Å². The molecule has 2 atom stereocenters. The third-order valence-electron chi connectivity index (χ3n) is 9.69. The van der Waals surface area contributed by atoms with Gasteiger partial charge in [0.25, 0.3) is 0 Å². The van der Waals surface area contributed by atoms with Crippen molar-refractivity contribution in [2.45, 2.75) is 81.6 Å². The fourth-order valence-corrected chi connectivity index (χ4v) is 68.8. The van der Waals surface area contributed by atoms with Gasteiger partial charge in [-0.05, 0) is 0 Å². The van der Waals surface area contributed by atoms with Gasteiger partial charge in [0.05, 0.1) is 0 Å². The first kappa shape index (κ1) is 24.5. The maximum absolute atomic E-state index is 3.56. The fraction of sp³-hybridized carbons (Fsp3) is 0.467. The van der Waals surface area contributed by atoms with Gasteiger partial charge in [-0.2, -0.15) is 0 Å². The van der Waals surface area contributed by atoms with E-state index in [0.29, 0.717) is 0 Å². The molecule has 2 aromatic carbocycles. The maximum atomic E-state index is 2.94. The van der Waals surface area contributed by atoms with E-state index >= 15 is 0 Å². The van der Waals surface area contributed by atoms with Gasteiger partial charge < -0.3 is 0 Å². The molecule has 0 spiro atoms. The summed E-state index contributed by atoms with van der Waals surface area (Å²) in [6.07, 6.45) is 5.06. The van der Waals surface area contributed by atoms with Crippen LogP contribution in [-0.2, 0) is 16.0 Å². The molecule has 2 heteroatoms. The summed E-state index contributed by atoms with van der Waals surface area (Å²) in [5.41, 5.74) is 13.4. The number of hydrogen-bond donors (Lipinski definition) is 0. The van der Waals surface area contributed by atoms with Crippen molar-refractivity contribution in [3.63, 3.8) is 0 Å². The summed E-state index contributed by atoms with van der Waals surface area (Å²) >= 11 is -3.56. The molecule has 2 unspecified atom stereocenters. The van der Waals surface area contributed by atoms with Crippen LogP contribution in [0.3, 0.4) is 0 Å². The number of rotatable bonds is 7. The topological polar surface area (TPSA) is 0 Å². The van der Waals surface area contributed by atoms with Crippen molar-refractivity contribution in [3.05, 3.63) is 81.9 Å². The Balaban J connectivity index is 2.06. The Hall–Kier alpha value is -0.667. The summed E-state index contributed by atoms with van der Waals surface area (Å²) in [6, 6.07) is 19.0. The zero-order valence-electron chi connectivity index (χ0n) is 21.7. The molecule has 0 bridgehead atoms. The molecule has 2 aliphatic rings. The second kappa shape index (κ2) is 8.84. The van der Waals surface area contributed by atoms with Gasteiger partial charge in [0, 0.05) is 0 Å². The average molecular weight is 655 g/mol. The van der Waals surface area contributed by atoms with Crippen LogP contribution in [0.5, 0.6) is 0 Å². The molecule has 2 aromatic rings. The van der Waals surface area contributed by atoms with E-state index in [2.05, 4.69) is 97.1 Å². The van der Waals surface area contributed by atoms with Crippen molar-refractivity contribution >= 4 is 21.8 Å². The first-order valence-electron chi connectivity index (χ1n) is 13.0. The van der Waals surface area contributed by atoms with Crippen LogP contribution in [-0.4, -0.2) is 10.6 Å². The molecule has 32 heavy (non-hydrogen) atoms. The van der Waals surface area contributed by atoms with Gasteiger partial charge in [-0.3, -0.25) is 0 Å². The average Bonchev–Trinajstić information content (AvgIpc) is 3.22. The summed E-state index contributed by atoms with van der Waals surface area (Å²) in [6.45, 7) is 9.63. The molecule has 0 saturated heterocycles. The third kappa shape index (κ3) is 3.39. The van der Waals surface area contributed by atoms with Crippen LogP contribution < -0.4 is 0 Å². The molecular weight excluding hydrogens is 611 g/mol. The van der Waals surface area contributed by atoms with Gasteiger partial charge in [-0.15, -0.1) is 0 Å². The molecule has 0 aromatic heterocycles. The number of fused-ring (bicyclic) bond motifs is 2. The quantitative estimate of drug-likeness (QED) is 0.261. The Bertz CT molecular complexity index is 1020. The van der Waals surface area contributed by atoms with Crippen molar-refractivity contribution in [1.29, 1.82) is 0 Å². The summed E-state index contributed by atoms with van der Waals surface area (Å²) in [5, 5.41) is 0. The minimum atomic E-state index is -3.56. The van der Waals surface area contributed by atoms with Crippen LogP contribution in [0, 0.1) is 0 Å². The molecular formula is C30H43GeHf. The summed E-state index contributed by atoms with van der Waals surface area (Å²) in [5.74, 6) is 5.53. The van der Waals surface area contributed by atoms with Crippen molar-refractivity contribution in [2.75, 3.05) is 0 Å². The third-order valence-corrected chi connectivity index (χ3v) is 115. The Morgan fingerprint density at radius 1 is 0.688 bits per heavy atom. The molecule has 171 valence electrons. The van der Waals surface area contributed by atoms with Crippen molar-refractivity contribution in [1.82, 2.24) is 0 Å². The van der Waals surface area contributed by atoms with Gasteiger partial charge >= 0.3 is 201 Å². The fourth-order valence-electron chi connectivity index (χ4n) is 7.45. The van der Waals surface area contributed by atoms with E-state index in [0.717, 1.165) is 7.35 Å². The molecule has 0 saturated carbocycles. The molecule has 0 amide bonds.